The molecule has 1 N–H and O–H groups in total. The highest BCUT2D eigenvalue weighted by molar-refractivity contribution is 7.15. The Balaban J connectivity index is 2.74. The Kier molecular flexibility index (Phi) is 7.39. The molecule has 1 aromatic heterocycles. The Morgan fingerprint density at radius 1 is 1.26 bits per heavy atom. The average Bonchev–Trinajstić information content (AvgIpc) is 2.73. The van der Waals surface area contributed by atoms with Crippen LogP contribution in [0, 0.1) is 5.92 Å². The third kappa shape index (κ3) is 5.49. The molecule has 0 aliphatic carbocycles. The van der Waals surface area contributed by atoms with E-state index in [0.717, 1.165) is 32.5 Å². The van der Waals surface area contributed by atoms with Crippen LogP contribution in [-0.2, 0) is 13.0 Å². The summed E-state index contributed by atoms with van der Waals surface area (Å²) in [7, 11) is 2.15. The monoisotopic (exact) mass is 283 g/mol. The minimum Gasteiger partial charge on any atom is -0.351 e. The lowest BCUT2D eigenvalue weighted by molar-refractivity contribution is 0.637. The highest BCUT2D eigenvalue weighted by Crippen LogP contribution is 2.27. The molecular weight excluding hydrogens is 254 g/mol. The third-order valence-electron chi connectivity index (χ3n) is 2.93. The van der Waals surface area contributed by atoms with Crippen LogP contribution in [-0.4, -0.2) is 25.1 Å². The first-order valence-electron chi connectivity index (χ1n) is 7.48. The number of aryl methyl sites for hydroxylation is 1. The van der Waals surface area contributed by atoms with E-state index in [1.165, 1.54) is 22.1 Å². The number of anilines is 1. The summed E-state index contributed by atoms with van der Waals surface area (Å²) in [5.41, 5.74) is 1.29. The number of nitrogens with one attached hydrogen (secondary N) is 1. The van der Waals surface area contributed by atoms with Gasteiger partial charge >= 0.3 is 0 Å². The summed E-state index contributed by atoms with van der Waals surface area (Å²) in [6, 6.07) is 0. The molecule has 0 aliphatic heterocycles. The van der Waals surface area contributed by atoms with Gasteiger partial charge in [0.05, 0.1) is 5.69 Å². The Hall–Kier alpha value is -0.610. The maximum Gasteiger partial charge on any atom is 0.185 e. The number of rotatable bonds is 9. The second-order valence-corrected chi connectivity index (χ2v) is 6.63. The van der Waals surface area contributed by atoms with Gasteiger partial charge in [-0.05, 0) is 25.3 Å². The zero-order valence-electron chi connectivity index (χ0n) is 13.1. The average molecular weight is 283 g/mol. The molecule has 0 atom stereocenters. The summed E-state index contributed by atoms with van der Waals surface area (Å²) in [6.45, 7) is 12.0. The van der Waals surface area contributed by atoms with Crippen molar-refractivity contribution in [2.45, 2.75) is 53.5 Å². The van der Waals surface area contributed by atoms with Crippen LogP contribution in [0.1, 0.15) is 51.1 Å². The van der Waals surface area contributed by atoms with Crippen LogP contribution < -0.4 is 10.2 Å². The molecule has 0 spiro atoms. The predicted molar refractivity (Wildman–Crippen MR) is 86.2 cm³/mol. The van der Waals surface area contributed by atoms with E-state index in [1.54, 1.807) is 0 Å². The molecule has 1 aromatic rings. The first kappa shape index (κ1) is 16.4. The van der Waals surface area contributed by atoms with Crippen molar-refractivity contribution in [3.05, 3.63) is 10.6 Å². The molecule has 0 aromatic carbocycles. The van der Waals surface area contributed by atoms with Gasteiger partial charge in [0.1, 0.15) is 0 Å². The molecule has 0 bridgehead atoms. The number of hydrogen-bond acceptors (Lipinski definition) is 4. The van der Waals surface area contributed by atoms with Gasteiger partial charge in [0.2, 0.25) is 0 Å². The molecule has 3 nitrogen and oxygen atoms in total. The third-order valence-corrected chi connectivity index (χ3v) is 4.14. The van der Waals surface area contributed by atoms with Crippen molar-refractivity contribution in [2.75, 3.05) is 25.0 Å². The fourth-order valence-corrected chi connectivity index (χ4v) is 3.15. The highest BCUT2D eigenvalue weighted by atomic mass is 32.1. The van der Waals surface area contributed by atoms with E-state index in [-0.39, 0.29) is 0 Å². The summed E-state index contributed by atoms with van der Waals surface area (Å²) in [5.74, 6) is 0.671. The summed E-state index contributed by atoms with van der Waals surface area (Å²) in [4.78, 5) is 8.54. The van der Waals surface area contributed by atoms with Crippen molar-refractivity contribution in [1.82, 2.24) is 10.3 Å². The zero-order valence-corrected chi connectivity index (χ0v) is 13.9. The highest BCUT2D eigenvalue weighted by Gasteiger charge is 2.13. The number of aromatic nitrogens is 1. The van der Waals surface area contributed by atoms with Crippen molar-refractivity contribution < 1.29 is 0 Å². The quantitative estimate of drug-likeness (QED) is 0.701. The first-order valence-corrected chi connectivity index (χ1v) is 8.30. The lowest BCUT2D eigenvalue weighted by atomic mass is 10.2. The molecule has 19 heavy (non-hydrogen) atoms. The lowest BCUT2D eigenvalue weighted by Crippen LogP contribution is -2.22. The molecule has 0 saturated carbocycles. The Labute approximate surface area is 122 Å². The van der Waals surface area contributed by atoms with Crippen LogP contribution in [0.3, 0.4) is 0 Å². The number of nitrogens with zero attached hydrogens (tertiary/aromatic N) is 2. The maximum atomic E-state index is 4.84. The summed E-state index contributed by atoms with van der Waals surface area (Å²) < 4.78 is 0. The summed E-state index contributed by atoms with van der Waals surface area (Å²) >= 11 is 1.85. The molecule has 4 heteroatoms. The molecule has 1 rings (SSSR count). The zero-order chi connectivity index (χ0) is 14.3. The van der Waals surface area contributed by atoms with Gasteiger partial charge in [-0.25, -0.2) is 4.98 Å². The van der Waals surface area contributed by atoms with E-state index in [1.807, 2.05) is 11.3 Å². The Morgan fingerprint density at radius 3 is 2.58 bits per heavy atom. The topological polar surface area (TPSA) is 28.2 Å². The second kappa shape index (κ2) is 8.54. The fourth-order valence-electron chi connectivity index (χ4n) is 2.11. The van der Waals surface area contributed by atoms with E-state index in [9.17, 15) is 0 Å². The molecule has 0 aliphatic rings. The van der Waals surface area contributed by atoms with E-state index >= 15 is 0 Å². The van der Waals surface area contributed by atoms with Crippen molar-refractivity contribution in [2.24, 2.45) is 5.92 Å². The largest absolute Gasteiger partial charge is 0.351 e. The van der Waals surface area contributed by atoms with Crippen LogP contribution in [0.5, 0.6) is 0 Å². The van der Waals surface area contributed by atoms with Crippen molar-refractivity contribution in [3.63, 3.8) is 0 Å². The maximum absolute atomic E-state index is 4.84. The van der Waals surface area contributed by atoms with Gasteiger partial charge in [-0.3, -0.25) is 0 Å². The van der Waals surface area contributed by atoms with Crippen LogP contribution in [0.25, 0.3) is 0 Å². The lowest BCUT2D eigenvalue weighted by Gasteiger charge is -2.17. The van der Waals surface area contributed by atoms with E-state index in [0.29, 0.717) is 5.92 Å². The van der Waals surface area contributed by atoms with Crippen LogP contribution in [0.4, 0.5) is 5.13 Å². The molecular formula is C15H29N3S. The van der Waals surface area contributed by atoms with Crippen LogP contribution >= 0.6 is 11.3 Å². The van der Waals surface area contributed by atoms with Gasteiger partial charge in [0, 0.05) is 25.0 Å². The van der Waals surface area contributed by atoms with E-state index in [2.05, 4.69) is 45.0 Å². The SMILES string of the molecule is CCCNCc1sc(N(C)CC(C)C)nc1CCC. The standard InChI is InChI=1S/C15H29N3S/c1-6-8-13-14(10-16-9-7-2)19-15(17-13)18(5)11-12(3)4/h12,16H,6-11H2,1-5H3. The number of thiazole rings is 1. The molecule has 0 saturated heterocycles. The normalized spacial score (nSPS) is 11.3. The van der Waals surface area contributed by atoms with E-state index < -0.39 is 0 Å². The van der Waals surface area contributed by atoms with Crippen molar-refractivity contribution in [1.29, 1.82) is 0 Å². The van der Waals surface area contributed by atoms with Crippen LogP contribution in [0.15, 0.2) is 0 Å². The predicted octanol–water partition coefficient (Wildman–Crippen LogP) is 3.69. The minimum atomic E-state index is 0.671. The molecule has 110 valence electrons. The molecule has 0 radical (unpaired) electrons. The van der Waals surface area contributed by atoms with Crippen molar-refractivity contribution in [3.8, 4) is 0 Å². The van der Waals surface area contributed by atoms with E-state index in [4.69, 9.17) is 4.98 Å². The fraction of sp³-hybridized carbons (Fsp3) is 0.800. The van der Waals surface area contributed by atoms with Gasteiger partial charge in [-0.2, -0.15) is 0 Å². The minimum absolute atomic E-state index is 0.671. The first-order chi connectivity index (χ1) is 9.08. The number of hydrogen-bond donors (Lipinski definition) is 1. The molecule has 0 amide bonds. The molecule has 1 heterocycles. The molecule has 0 fully saturated rings. The summed E-state index contributed by atoms with van der Waals surface area (Å²) in [6.07, 6.45) is 3.44. The Bertz CT molecular complexity index is 360. The van der Waals surface area contributed by atoms with Crippen molar-refractivity contribution >= 4 is 16.5 Å². The summed E-state index contributed by atoms with van der Waals surface area (Å²) in [5, 5.41) is 4.67. The van der Waals surface area contributed by atoms with Gasteiger partial charge in [-0.15, -0.1) is 11.3 Å². The van der Waals surface area contributed by atoms with Crippen LogP contribution in [0.2, 0.25) is 0 Å². The van der Waals surface area contributed by atoms with Gasteiger partial charge in [0.15, 0.2) is 5.13 Å². The second-order valence-electron chi connectivity index (χ2n) is 5.57. The van der Waals surface area contributed by atoms with Gasteiger partial charge in [-0.1, -0.05) is 34.1 Å². The Morgan fingerprint density at radius 2 is 2.00 bits per heavy atom. The molecule has 0 unspecified atom stereocenters. The smallest absolute Gasteiger partial charge is 0.185 e. The van der Waals surface area contributed by atoms with Gasteiger partial charge < -0.3 is 10.2 Å². The van der Waals surface area contributed by atoms with Gasteiger partial charge in [0.25, 0.3) is 0 Å².